The molecule has 2 N–H and O–H groups in total. The topological polar surface area (TPSA) is 38.5 Å². The predicted octanol–water partition coefficient (Wildman–Crippen LogP) is 1.50. The zero-order valence-electron chi connectivity index (χ0n) is 9.15. The number of hydrogen-bond acceptors (Lipinski definition) is 3. The van der Waals surface area contributed by atoms with Crippen LogP contribution in [0.25, 0.3) is 0 Å². The summed E-state index contributed by atoms with van der Waals surface area (Å²) >= 11 is 0. The number of hydrogen-bond donors (Lipinski definition) is 1. The highest BCUT2D eigenvalue weighted by Crippen LogP contribution is 2.28. The fourth-order valence-corrected chi connectivity index (χ4v) is 2.34. The van der Waals surface area contributed by atoms with E-state index in [9.17, 15) is 0 Å². The average Bonchev–Trinajstić information content (AvgIpc) is 2.66. The van der Waals surface area contributed by atoms with Crippen LogP contribution in [-0.2, 0) is 11.4 Å². The van der Waals surface area contributed by atoms with E-state index in [4.69, 9.17) is 10.7 Å². The SMILES string of the molecule is CN1CCC(c2ccccc2CON)C1. The molecule has 0 amide bonds. The van der Waals surface area contributed by atoms with Crippen molar-refractivity contribution in [2.45, 2.75) is 18.9 Å². The van der Waals surface area contributed by atoms with Gasteiger partial charge in [-0.05, 0) is 37.1 Å². The second kappa shape index (κ2) is 4.75. The smallest absolute Gasteiger partial charge is 0.0932 e. The first-order chi connectivity index (χ1) is 7.31. The quantitative estimate of drug-likeness (QED) is 0.762. The van der Waals surface area contributed by atoms with Crippen LogP contribution in [-0.4, -0.2) is 25.0 Å². The molecule has 1 saturated heterocycles. The monoisotopic (exact) mass is 206 g/mol. The fraction of sp³-hybridized carbons (Fsp3) is 0.500. The van der Waals surface area contributed by atoms with Crippen LogP contribution in [0.15, 0.2) is 24.3 Å². The summed E-state index contributed by atoms with van der Waals surface area (Å²) in [6.07, 6.45) is 1.23. The molecule has 15 heavy (non-hydrogen) atoms. The molecule has 1 aromatic rings. The molecule has 0 aliphatic carbocycles. The van der Waals surface area contributed by atoms with Gasteiger partial charge in [0.05, 0.1) is 6.61 Å². The molecule has 1 unspecified atom stereocenters. The third-order valence-electron chi connectivity index (χ3n) is 3.13. The number of rotatable bonds is 3. The maximum absolute atomic E-state index is 5.14. The highest BCUT2D eigenvalue weighted by molar-refractivity contribution is 5.31. The van der Waals surface area contributed by atoms with Gasteiger partial charge in [0.2, 0.25) is 0 Å². The highest BCUT2D eigenvalue weighted by Gasteiger charge is 2.22. The number of likely N-dealkylation sites (tertiary alicyclic amines) is 1. The van der Waals surface area contributed by atoms with E-state index in [-0.39, 0.29) is 0 Å². The number of likely N-dealkylation sites (N-methyl/N-ethyl adjacent to an activating group) is 1. The Morgan fingerprint density at radius 3 is 2.93 bits per heavy atom. The number of benzene rings is 1. The molecule has 2 rings (SSSR count). The number of nitrogens with zero attached hydrogens (tertiary/aromatic N) is 1. The van der Waals surface area contributed by atoms with Crippen molar-refractivity contribution in [1.82, 2.24) is 4.90 Å². The molecule has 1 fully saturated rings. The van der Waals surface area contributed by atoms with Crippen molar-refractivity contribution in [3.05, 3.63) is 35.4 Å². The Morgan fingerprint density at radius 2 is 2.27 bits per heavy atom. The van der Waals surface area contributed by atoms with E-state index < -0.39 is 0 Å². The first-order valence-corrected chi connectivity index (χ1v) is 5.39. The Hall–Kier alpha value is -0.900. The predicted molar refractivity (Wildman–Crippen MR) is 60.3 cm³/mol. The van der Waals surface area contributed by atoms with Crippen LogP contribution < -0.4 is 5.90 Å². The molecular weight excluding hydrogens is 188 g/mol. The van der Waals surface area contributed by atoms with E-state index in [0.29, 0.717) is 12.5 Å². The molecule has 0 radical (unpaired) electrons. The van der Waals surface area contributed by atoms with E-state index >= 15 is 0 Å². The van der Waals surface area contributed by atoms with Crippen LogP contribution in [0, 0.1) is 0 Å². The first kappa shape index (κ1) is 10.6. The largest absolute Gasteiger partial charge is 0.306 e. The average molecular weight is 206 g/mol. The van der Waals surface area contributed by atoms with Crippen LogP contribution in [0.5, 0.6) is 0 Å². The van der Waals surface area contributed by atoms with Gasteiger partial charge in [-0.3, -0.25) is 4.84 Å². The number of nitrogens with two attached hydrogens (primary N) is 1. The Bertz CT molecular complexity index is 327. The highest BCUT2D eigenvalue weighted by atomic mass is 16.6. The Balaban J connectivity index is 2.19. The van der Waals surface area contributed by atoms with Gasteiger partial charge in [-0.2, -0.15) is 0 Å². The van der Waals surface area contributed by atoms with Gasteiger partial charge in [0.1, 0.15) is 0 Å². The van der Waals surface area contributed by atoms with Crippen molar-refractivity contribution in [2.75, 3.05) is 20.1 Å². The summed E-state index contributed by atoms with van der Waals surface area (Å²) in [6, 6.07) is 8.42. The third-order valence-corrected chi connectivity index (χ3v) is 3.13. The van der Waals surface area contributed by atoms with Gasteiger partial charge in [0.25, 0.3) is 0 Å². The molecule has 1 aliphatic rings. The summed E-state index contributed by atoms with van der Waals surface area (Å²) in [5.74, 6) is 5.79. The molecule has 3 heteroatoms. The van der Waals surface area contributed by atoms with E-state index in [1.807, 2.05) is 6.07 Å². The van der Waals surface area contributed by atoms with Gasteiger partial charge in [0.15, 0.2) is 0 Å². The maximum Gasteiger partial charge on any atom is 0.0932 e. The fourth-order valence-electron chi connectivity index (χ4n) is 2.34. The van der Waals surface area contributed by atoms with Gasteiger partial charge < -0.3 is 4.90 Å². The Morgan fingerprint density at radius 1 is 1.47 bits per heavy atom. The van der Waals surface area contributed by atoms with Crippen molar-refractivity contribution < 1.29 is 4.84 Å². The zero-order chi connectivity index (χ0) is 10.7. The van der Waals surface area contributed by atoms with E-state index in [1.54, 1.807) is 0 Å². The van der Waals surface area contributed by atoms with E-state index in [2.05, 4.69) is 30.1 Å². The third kappa shape index (κ3) is 2.37. The molecule has 3 nitrogen and oxygen atoms in total. The summed E-state index contributed by atoms with van der Waals surface area (Å²) in [7, 11) is 2.17. The molecule has 1 heterocycles. The van der Waals surface area contributed by atoms with Gasteiger partial charge in [0, 0.05) is 6.54 Å². The first-order valence-electron chi connectivity index (χ1n) is 5.39. The molecule has 82 valence electrons. The molecule has 1 aliphatic heterocycles. The van der Waals surface area contributed by atoms with Crippen molar-refractivity contribution in [1.29, 1.82) is 0 Å². The normalized spacial score (nSPS) is 22.1. The minimum atomic E-state index is 0.510. The lowest BCUT2D eigenvalue weighted by Gasteiger charge is -2.14. The van der Waals surface area contributed by atoms with Crippen LogP contribution in [0.4, 0.5) is 0 Å². The van der Waals surface area contributed by atoms with E-state index in [0.717, 1.165) is 6.54 Å². The van der Waals surface area contributed by atoms with Gasteiger partial charge in [-0.25, -0.2) is 5.90 Å². The maximum atomic E-state index is 5.14. The minimum Gasteiger partial charge on any atom is -0.306 e. The standard InChI is InChI=1S/C12H18N2O/c1-14-7-6-10(8-14)12-5-3-2-4-11(12)9-15-13/h2-5,10H,6-9,13H2,1H3. The van der Waals surface area contributed by atoms with Crippen molar-refractivity contribution in [3.63, 3.8) is 0 Å². The van der Waals surface area contributed by atoms with Crippen LogP contribution >= 0.6 is 0 Å². The molecule has 0 spiro atoms. The molecule has 0 aromatic heterocycles. The van der Waals surface area contributed by atoms with Crippen LogP contribution in [0.1, 0.15) is 23.5 Å². The van der Waals surface area contributed by atoms with E-state index in [1.165, 1.54) is 24.1 Å². The lowest BCUT2D eigenvalue weighted by atomic mass is 9.94. The summed E-state index contributed by atoms with van der Waals surface area (Å²) < 4.78 is 0. The second-order valence-corrected chi connectivity index (χ2v) is 4.26. The summed E-state index contributed by atoms with van der Waals surface area (Å²) in [6.45, 7) is 2.83. The Labute approximate surface area is 90.8 Å². The molecule has 0 saturated carbocycles. The molecular formula is C12H18N2O. The summed E-state index contributed by atoms with van der Waals surface area (Å²) in [5.41, 5.74) is 2.62. The van der Waals surface area contributed by atoms with Gasteiger partial charge in [-0.1, -0.05) is 24.3 Å². The second-order valence-electron chi connectivity index (χ2n) is 4.26. The van der Waals surface area contributed by atoms with Crippen molar-refractivity contribution >= 4 is 0 Å². The lowest BCUT2D eigenvalue weighted by Crippen LogP contribution is -2.14. The molecule has 1 aromatic carbocycles. The van der Waals surface area contributed by atoms with Gasteiger partial charge >= 0.3 is 0 Å². The summed E-state index contributed by atoms with van der Waals surface area (Å²) in [4.78, 5) is 7.11. The van der Waals surface area contributed by atoms with Crippen molar-refractivity contribution in [2.24, 2.45) is 5.90 Å². The van der Waals surface area contributed by atoms with Crippen molar-refractivity contribution in [3.8, 4) is 0 Å². The minimum absolute atomic E-state index is 0.510. The van der Waals surface area contributed by atoms with Crippen LogP contribution in [0.2, 0.25) is 0 Å². The van der Waals surface area contributed by atoms with Gasteiger partial charge in [-0.15, -0.1) is 0 Å². The Kier molecular flexibility index (Phi) is 3.36. The lowest BCUT2D eigenvalue weighted by molar-refractivity contribution is 0.123. The molecule has 1 atom stereocenters. The zero-order valence-corrected chi connectivity index (χ0v) is 9.15. The summed E-state index contributed by atoms with van der Waals surface area (Å²) in [5, 5.41) is 0. The molecule has 0 bridgehead atoms. The van der Waals surface area contributed by atoms with Crippen LogP contribution in [0.3, 0.4) is 0 Å².